The lowest BCUT2D eigenvalue weighted by atomic mass is 9.58. The van der Waals surface area contributed by atoms with Crippen molar-refractivity contribution in [3.63, 3.8) is 0 Å². The second kappa shape index (κ2) is 7.19. The zero-order valence-electron chi connectivity index (χ0n) is 18.8. The molecule has 4 heteroatoms. The second-order valence-electron chi connectivity index (χ2n) is 9.26. The van der Waals surface area contributed by atoms with Crippen molar-refractivity contribution in [3.8, 4) is 0 Å². The molecule has 160 valence electrons. The fourth-order valence-corrected chi connectivity index (χ4v) is 6.02. The number of fused-ring (bicyclic) bond motifs is 5. The molecule has 1 aliphatic carbocycles. The van der Waals surface area contributed by atoms with Crippen LogP contribution in [0.4, 0.5) is 0 Å². The maximum absolute atomic E-state index is 14.1. The van der Waals surface area contributed by atoms with E-state index < -0.39 is 10.8 Å². The first-order valence-corrected chi connectivity index (χ1v) is 11.1. The molecule has 2 saturated heterocycles. The summed E-state index contributed by atoms with van der Waals surface area (Å²) in [6, 6.07) is 4.31. The maximum atomic E-state index is 14.1. The summed E-state index contributed by atoms with van der Waals surface area (Å²) in [5.41, 5.74) is 3.67. The number of allylic oxidation sites excluding steroid dienone is 1. The Labute approximate surface area is 179 Å². The molecule has 0 aromatic heterocycles. The van der Waals surface area contributed by atoms with E-state index in [-0.39, 0.29) is 30.4 Å². The smallest absolute Gasteiger partial charge is 0.314 e. The summed E-state index contributed by atoms with van der Waals surface area (Å²) < 4.78 is 12.3. The molecule has 2 aliphatic heterocycles. The number of aryl methyl sites for hydroxylation is 3. The molecule has 0 amide bonds. The van der Waals surface area contributed by atoms with Gasteiger partial charge in [-0.2, -0.15) is 0 Å². The highest BCUT2D eigenvalue weighted by molar-refractivity contribution is 6.28. The SMILES string of the molecule is C=CCC(=O)OC1=C(c2c(CC)cc(C)cc2CC)C(=O)[C@@]2(C)[C@@H]3CC[C@@H](O3)[C@@]12C. The average Bonchev–Trinajstić information content (AvgIpc) is 3.33. The molecule has 2 fully saturated rings. The molecule has 30 heavy (non-hydrogen) atoms. The summed E-state index contributed by atoms with van der Waals surface area (Å²) in [7, 11) is 0. The Morgan fingerprint density at radius 3 is 2.27 bits per heavy atom. The van der Waals surface area contributed by atoms with Gasteiger partial charge in [-0.25, -0.2) is 0 Å². The van der Waals surface area contributed by atoms with E-state index in [1.807, 2.05) is 6.92 Å². The third kappa shape index (κ3) is 2.56. The van der Waals surface area contributed by atoms with Gasteiger partial charge in [-0.3, -0.25) is 9.59 Å². The fourth-order valence-electron chi connectivity index (χ4n) is 6.02. The predicted octanol–water partition coefficient (Wildman–Crippen LogP) is 5.11. The van der Waals surface area contributed by atoms with Gasteiger partial charge in [0.15, 0.2) is 5.78 Å². The van der Waals surface area contributed by atoms with Crippen LogP contribution in [0.2, 0.25) is 0 Å². The van der Waals surface area contributed by atoms with Crippen LogP contribution in [0.25, 0.3) is 5.57 Å². The minimum absolute atomic E-state index is 0.0619. The Morgan fingerprint density at radius 2 is 1.73 bits per heavy atom. The van der Waals surface area contributed by atoms with Crippen LogP contribution in [0.1, 0.15) is 69.2 Å². The molecule has 4 rings (SSSR count). The molecule has 3 aliphatic rings. The number of hydrogen-bond acceptors (Lipinski definition) is 4. The molecule has 4 atom stereocenters. The van der Waals surface area contributed by atoms with Gasteiger partial charge in [0, 0.05) is 0 Å². The van der Waals surface area contributed by atoms with Gasteiger partial charge in [0.2, 0.25) is 0 Å². The number of esters is 1. The summed E-state index contributed by atoms with van der Waals surface area (Å²) >= 11 is 0. The van der Waals surface area contributed by atoms with Gasteiger partial charge in [0.05, 0.1) is 35.0 Å². The zero-order chi connectivity index (χ0) is 21.8. The number of rotatable bonds is 6. The Morgan fingerprint density at radius 1 is 1.17 bits per heavy atom. The number of carbonyl (C=O) groups excluding carboxylic acids is 2. The highest BCUT2D eigenvalue weighted by Crippen LogP contribution is 2.69. The molecule has 2 heterocycles. The van der Waals surface area contributed by atoms with E-state index in [0.29, 0.717) is 11.3 Å². The molecule has 0 radical (unpaired) electrons. The Balaban J connectivity index is 2.01. The average molecular weight is 409 g/mol. The van der Waals surface area contributed by atoms with Gasteiger partial charge in [-0.05, 0) is 63.1 Å². The number of hydrogen-bond donors (Lipinski definition) is 0. The minimum atomic E-state index is -0.712. The molecule has 0 N–H and O–H groups in total. The van der Waals surface area contributed by atoms with Gasteiger partial charge in [0.25, 0.3) is 0 Å². The van der Waals surface area contributed by atoms with E-state index in [0.717, 1.165) is 42.4 Å². The van der Waals surface area contributed by atoms with E-state index in [9.17, 15) is 9.59 Å². The van der Waals surface area contributed by atoms with Crippen LogP contribution in [0.15, 0.2) is 30.5 Å². The summed E-state index contributed by atoms with van der Waals surface area (Å²) in [5.74, 6) is 0.205. The van der Waals surface area contributed by atoms with E-state index in [2.05, 4.69) is 46.4 Å². The first kappa shape index (κ1) is 21.0. The highest BCUT2D eigenvalue weighted by Gasteiger charge is 2.74. The summed E-state index contributed by atoms with van der Waals surface area (Å²) in [4.78, 5) is 26.7. The van der Waals surface area contributed by atoms with Gasteiger partial charge in [-0.15, -0.1) is 6.58 Å². The Kier molecular flexibility index (Phi) is 5.05. The van der Waals surface area contributed by atoms with Crippen LogP contribution in [0, 0.1) is 17.8 Å². The van der Waals surface area contributed by atoms with Gasteiger partial charge in [0.1, 0.15) is 5.76 Å². The number of ether oxygens (including phenoxy) is 2. The first-order chi connectivity index (χ1) is 14.2. The molecule has 1 aromatic carbocycles. The van der Waals surface area contributed by atoms with Crippen molar-refractivity contribution in [2.45, 2.75) is 78.9 Å². The molecular weight excluding hydrogens is 376 g/mol. The van der Waals surface area contributed by atoms with Crippen molar-refractivity contribution < 1.29 is 19.1 Å². The van der Waals surface area contributed by atoms with Crippen molar-refractivity contribution in [1.82, 2.24) is 0 Å². The topological polar surface area (TPSA) is 52.6 Å². The molecule has 0 saturated carbocycles. The van der Waals surface area contributed by atoms with Gasteiger partial charge < -0.3 is 9.47 Å². The normalized spacial score (nSPS) is 32.0. The van der Waals surface area contributed by atoms with Gasteiger partial charge >= 0.3 is 5.97 Å². The summed E-state index contributed by atoms with van der Waals surface area (Å²) in [5, 5.41) is 0. The van der Waals surface area contributed by atoms with Crippen LogP contribution in [-0.4, -0.2) is 24.0 Å². The zero-order valence-corrected chi connectivity index (χ0v) is 18.8. The lowest BCUT2D eigenvalue weighted by Gasteiger charge is -2.41. The van der Waals surface area contributed by atoms with Crippen molar-refractivity contribution in [2.24, 2.45) is 10.8 Å². The van der Waals surface area contributed by atoms with Crippen LogP contribution in [0.3, 0.4) is 0 Å². The van der Waals surface area contributed by atoms with Crippen molar-refractivity contribution in [2.75, 3.05) is 0 Å². The molecule has 4 nitrogen and oxygen atoms in total. The van der Waals surface area contributed by atoms with Crippen LogP contribution >= 0.6 is 0 Å². The maximum Gasteiger partial charge on any atom is 0.314 e. The van der Waals surface area contributed by atoms with Crippen LogP contribution < -0.4 is 0 Å². The summed E-state index contributed by atoms with van der Waals surface area (Å²) in [6.45, 7) is 14.0. The quantitative estimate of drug-likeness (QED) is 0.485. The molecule has 1 aromatic rings. The van der Waals surface area contributed by atoms with E-state index in [1.165, 1.54) is 5.56 Å². The second-order valence-corrected chi connectivity index (χ2v) is 9.26. The molecule has 0 spiro atoms. The third-order valence-electron chi connectivity index (χ3n) is 7.77. The van der Waals surface area contributed by atoms with E-state index in [4.69, 9.17) is 9.47 Å². The number of carbonyl (C=O) groups is 2. The van der Waals surface area contributed by atoms with Crippen molar-refractivity contribution >= 4 is 17.3 Å². The van der Waals surface area contributed by atoms with E-state index >= 15 is 0 Å². The fraction of sp³-hybridized carbons (Fsp3) is 0.538. The number of benzene rings is 1. The Bertz CT molecular complexity index is 946. The predicted molar refractivity (Wildman–Crippen MR) is 117 cm³/mol. The molecule has 0 unspecified atom stereocenters. The monoisotopic (exact) mass is 408 g/mol. The standard InChI is InChI=1S/C26H32O4/c1-7-10-20(27)30-24-22(21-16(8-2)13-15(4)14-17(21)9-3)23(28)25(5)18-11-12-19(29-18)26(24,25)6/h7,13-14,18-19H,1,8-12H2,2-6H3/t18-,19+,25+,26-/m0/s1. The largest absolute Gasteiger partial charge is 0.429 e. The summed E-state index contributed by atoms with van der Waals surface area (Å²) in [6.07, 6.45) is 4.79. The van der Waals surface area contributed by atoms with Crippen LogP contribution in [0.5, 0.6) is 0 Å². The first-order valence-electron chi connectivity index (χ1n) is 11.1. The van der Waals surface area contributed by atoms with Crippen molar-refractivity contribution in [1.29, 1.82) is 0 Å². The van der Waals surface area contributed by atoms with Crippen LogP contribution in [-0.2, 0) is 31.9 Å². The number of Topliss-reactive ketones (excluding diaryl/α,β-unsaturated/α-hetero) is 1. The van der Waals surface area contributed by atoms with Crippen molar-refractivity contribution in [3.05, 3.63) is 52.8 Å². The Hall–Kier alpha value is -2.20. The molecule has 2 bridgehead atoms. The highest BCUT2D eigenvalue weighted by atomic mass is 16.6. The lowest BCUT2D eigenvalue weighted by molar-refractivity contribution is -0.142. The van der Waals surface area contributed by atoms with E-state index in [1.54, 1.807) is 6.08 Å². The van der Waals surface area contributed by atoms with Gasteiger partial charge in [-0.1, -0.05) is 37.6 Å². The minimum Gasteiger partial charge on any atom is -0.429 e. The lowest BCUT2D eigenvalue weighted by Crippen LogP contribution is -2.48. The number of ketones is 1. The third-order valence-corrected chi connectivity index (χ3v) is 7.77. The molecular formula is C26H32O4.